The van der Waals surface area contributed by atoms with Gasteiger partial charge in [-0.15, -0.1) is 11.3 Å². The molecule has 0 amide bonds. The molecule has 15 heavy (non-hydrogen) atoms. The van der Waals surface area contributed by atoms with Crippen LogP contribution in [0.15, 0.2) is 23.7 Å². The van der Waals surface area contributed by atoms with E-state index in [0.717, 1.165) is 10.2 Å². The molecule has 2 rings (SSSR count). The summed E-state index contributed by atoms with van der Waals surface area (Å²) in [5.74, 6) is 0.210. The highest BCUT2D eigenvalue weighted by molar-refractivity contribution is 7.16. The molecular weight excluding hydrogens is 214 g/mol. The second kappa shape index (κ2) is 4.27. The average molecular weight is 223 g/mol. The van der Waals surface area contributed by atoms with Crippen LogP contribution >= 0.6 is 11.3 Å². The first-order valence-corrected chi connectivity index (χ1v) is 5.21. The maximum atomic E-state index is 10.9. The summed E-state index contributed by atoms with van der Waals surface area (Å²) in [4.78, 5) is 15.1. The first-order chi connectivity index (χ1) is 7.31. The van der Waals surface area contributed by atoms with E-state index < -0.39 is 5.97 Å². The molecule has 1 aromatic carbocycles. The molecule has 0 radical (unpaired) electrons. The number of hydrogen-bond acceptors (Lipinski definition) is 5. The number of rotatable bonds is 3. The van der Waals surface area contributed by atoms with E-state index in [0.29, 0.717) is 5.75 Å². The minimum Gasteiger partial charge on any atom is -0.480 e. The normalized spacial score (nSPS) is 10.2. The predicted molar refractivity (Wildman–Crippen MR) is 57.1 cm³/mol. The number of thiazole rings is 1. The zero-order valence-electron chi connectivity index (χ0n) is 8.10. The van der Waals surface area contributed by atoms with Crippen LogP contribution in [0.25, 0.3) is 10.2 Å². The Morgan fingerprint density at radius 1 is 1.53 bits per heavy atom. The predicted octanol–water partition coefficient (Wildman–Crippen LogP) is 1.85. The Morgan fingerprint density at radius 2 is 2.40 bits per heavy atom. The molecule has 5 heteroatoms. The van der Waals surface area contributed by atoms with Crippen LogP contribution in [-0.2, 0) is 9.53 Å². The van der Waals surface area contributed by atoms with Crippen molar-refractivity contribution in [1.29, 1.82) is 0 Å². The van der Waals surface area contributed by atoms with Gasteiger partial charge in [-0.1, -0.05) is 6.07 Å². The van der Waals surface area contributed by atoms with Gasteiger partial charge in [-0.3, -0.25) is 0 Å². The van der Waals surface area contributed by atoms with Crippen molar-refractivity contribution in [3.05, 3.63) is 23.7 Å². The third kappa shape index (κ3) is 2.07. The molecule has 4 nitrogen and oxygen atoms in total. The van der Waals surface area contributed by atoms with Crippen LogP contribution in [0.3, 0.4) is 0 Å². The highest BCUT2D eigenvalue weighted by Crippen LogP contribution is 2.26. The number of carbonyl (C=O) groups is 1. The highest BCUT2D eigenvalue weighted by atomic mass is 32.1. The number of esters is 1. The zero-order valence-corrected chi connectivity index (χ0v) is 8.91. The van der Waals surface area contributed by atoms with Gasteiger partial charge >= 0.3 is 5.97 Å². The number of para-hydroxylation sites is 1. The van der Waals surface area contributed by atoms with Crippen molar-refractivity contribution in [3.63, 3.8) is 0 Å². The fourth-order valence-electron chi connectivity index (χ4n) is 1.17. The van der Waals surface area contributed by atoms with Crippen LogP contribution in [-0.4, -0.2) is 24.7 Å². The van der Waals surface area contributed by atoms with Crippen molar-refractivity contribution in [2.24, 2.45) is 0 Å². The molecule has 0 N–H and O–H groups in total. The van der Waals surface area contributed by atoms with Crippen LogP contribution in [0.1, 0.15) is 0 Å². The van der Waals surface area contributed by atoms with Gasteiger partial charge in [0, 0.05) is 0 Å². The van der Waals surface area contributed by atoms with Gasteiger partial charge < -0.3 is 9.47 Å². The number of nitrogens with zero attached hydrogens (tertiary/aromatic N) is 1. The third-order valence-corrected chi connectivity index (χ3v) is 2.69. The van der Waals surface area contributed by atoms with Crippen LogP contribution in [0.5, 0.6) is 5.75 Å². The van der Waals surface area contributed by atoms with E-state index in [4.69, 9.17) is 4.74 Å². The Labute approximate surface area is 90.5 Å². The van der Waals surface area contributed by atoms with Crippen molar-refractivity contribution in [3.8, 4) is 5.75 Å². The van der Waals surface area contributed by atoms with Crippen molar-refractivity contribution < 1.29 is 14.3 Å². The molecular formula is C10H9NO3S. The second-order valence-electron chi connectivity index (χ2n) is 2.82. The molecule has 78 valence electrons. The minimum atomic E-state index is -0.401. The molecule has 2 aromatic rings. The number of methoxy groups -OCH3 is 1. The Balaban J connectivity index is 2.20. The molecule has 0 aliphatic rings. The maximum Gasteiger partial charge on any atom is 0.343 e. The van der Waals surface area contributed by atoms with E-state index in [1.165, 1.54) is 18.4 Å². The zero-order chi connectivity index (χ0) is 10.7. The molecule has 0 atom stereocenters. The quantitative estimate of drug-likeness (QED) is 0.745. The lowest BCUT2D eigenvalue weighted by molar-refractivity contribution is -0.142. The number of fused-ring (bicyclic) bond motifs is 1. The Hall–Kier alpha value is -1.62. The highest BCUT2D eigenvalue weighted by Gasteiger charge is 2.06. The van der Waals surface area contributed by atoms with E-state index in [2.05, 4.69) is 9.72 Å². The third-order valence-electron chi connectivity index (χ3n) is 1.90. The van der Waals surface area contributed by atoms with E-state index in [1.54, 1.807) is 11.6 Å². The minimum absolute atomic E-state index is 0.0901. The van der Waals surface area contributed by atoms with Crippen molar-refractivity contribution in [2.45, 2.75) is 0 Å². The molecule has 1 heterocycles. The van der Waals surface area contributed by atoms with Gasteiger partial charge in [0.15, 0.2) is 6.61 Å². The molecule has 0 spiro atoms. The van der Waals surface area contributed by atoms with Gasteiger partial charge in [0.05, 0.1) is 17.3 Å². The van der Waals surface area contributed by atoms with Gasteiger partial charge in [-0.2, -0.15) is 0 Å². The summed E-state index contributed by atoms with van der Waals surface area (Å²) in [5, 5.41) is 0. The Morgan fingerprint density at radius 3 is 3.20 bits per heavy atom. The monoisotopic (exact) mass is 223 g/mol. The average Bonchev–Trinajstić information content (AvgIpc) is 2.74. The maximum absolute atomic E-state index is 10.9. The molecule has 1 aromatic heterocycles. The largest absolute Gasteiger partial charge is 0.480 e. The SMILES string of the molecule is COC(=O)COc1cccc2scnc12. The molecule has 0 aliphatic carbocycles. The number of hydrogen-bond donors (Lipinski definition) is 0. The van der Waals surface area contributed by atoms with Crippen molar-refractivity contribution >= 4 is 27.5 Å². The lowest BCUT2D eigenvalue weighted by Crippen LogP contribution is -2.12. The van der Waals surface area contributed by atoms with Crippen LogP contribution in [0.4, 0.5) is 0 Å². The fourth-order valence-corrected chi connectivity index (χ4v) is 1.87. The number of benzene rings is 1. The molecule has 0 fully saturated rings. The summed E-state index contributed by atoms with van der Waals surface area (Å²) in [6.07, 6.45) is 0. The summed E-state index contributed by atoms with van der Waals surface area (Å²) in [5.41, 5.74) is 2.53. The Kier molecular flexibility index (Phi) is 2.82. The van der Waals surface area contributed by atoms with Crippen LogP contribution in [0, 0.1) is 0 Å². The smallest absolute Gasteiger partial charge is 0.343 e. The van der Waals surface area contributed by atoms with Gasteiger partial charge in [0.2, 0.25) is 0 Å². The van der Waals surface area contributed by atoms with Gasteiger partial charge in [-0.05, 0) is 12.1 Å². The summed E-state index contributed by atoms with van der Waals surface area (Å²) >= 11 is 1.53. The summed E-state index contributed by atoms with van der Waals surface area (Å²) in [6, 6.07) is 5.61. The number of aromatic nitrogens is 1. The second-order valence-corrected chi connectivity index (χ2v) is 3.71. The van der Waals surface area contributed by atoms with E-state index in [9.17, 15) is 4.79 Å². The number of ether oxygens (including phenoxy) is 2. The summed E-state index contributed by atoms with van der Waals surface area (Å²) in [7, 11) is 1.33. The Bertz CT molecular complexity index is 480. The van der Waals surface area contributed by atoms with Crippen LogP contribution < -0.4 is 4.74 Å². The summed E-state index contributed by atoms with van der Waals surface area (Å²) < 4.78 is 10.8. The molecule has 0 unspecified atom stereocenters. The van der Waals surface area contributed by atoms with E-state index >= 15 is 0 Å². The van der Waals surface area contributed by atoms with Gasteiger partial charge in [-0.25, -0.2) is 9.78 Å². The topological polar surface area (TPSA) is 48.4 Å². The van der Waals surface area contributed by atoms with E-state index in [1.807, 2.05) is 12.1 Å². The molecule has 0 saturated heterocycles. The van der Waals surface area contributed by atoms with Crippen molar-refractivity contribution in [1.82, 2.24) is 4.98 Å². The van der Waals surface area contributed by atoms with Crippen LogP contribution in [0.2, 0.25) is 0 Å². The molecule has 0 bridgehead atoms. The standard InChI is InChI=1S/C10H9NO3S/c1-13-9(12)5-14-7-3-2-4-8-10(7)11-6-15-8/h2-4,6H,5H2,1H3. The first-order valence-electron chi connectivity index (χ1n) is 4.33. The fraction of sp³-hybridized carbons (Fsp3) is 0.200. The van der Waals surface area contributed by atoms with Gasteiger partial charge in [0.25, 0.3) is 0 Å². The lowest BCUT2D eigenvalue weighted by atomic mass is 10.3. The van der Waals surface area contributed by atoms with Crippen molar-refractivity contribution in [2.75, 3.05) is 13.7 Å². The van der Waals surface area contributed by atoms with Gasteiger partial charge in [0.1, 0.15) is 11.3 Å². The van der Waals surface area contributed by atoms with E-state index in [-0.39, 0.29) is 6.61 Å². The summed E-state index contributed by atoms with van der Waals surface area (Å²) in [6.45, 7) is -0.0901. The molecule has 0 aliphatic heterocycles. The number of carbonyl (C=O) groups excluding carboxylic acids is 1. The lowest BCUT2D eigenvalue weighted by Gasteiger charge is -2.04. The molecule has 0 saturated carbocycles. The first kappa shape index (κ1) is 9.92.